The Morgan fingerprint density at radius 3 is 2.40 bits per heavy atom. The molecule has 0 bridgehead atoms. The van der Waals surface area contributed by atoms with Crippen LogP contribution in [0.1, 0.15) is 11.7 Å². The van der Waals surface area contributed by atoms with Crippen LogP contribution in [0.5, 0.6) is 0 Å². The van der Waals surface area contributed by atoms with Crippen LogP contribution in [0.3, 0.4) is 0 Å². The van der Waals surface area contributed by atoms with Crippen LogP contribution in [0, 0.1) is 0 Å². The zero-order valence-electron chi connectivity index (χ0n) is 7.91. The molecule has 3 rings (SSSR count). The van der Waals surface area contributed by atoms with E-state index in [-0.39, 0.29) is 6.17 Å². The topological polar surface area (TPSA) is 49.4 Å². The fraction of sp³-hybridized carbons (Fsp3) is 0.0909. The van der Waals surface area contributed by atoms with Crippen LogP contribution >= 0.6 is 0 Å². The summed E-state index contributed by atoms with van der Waals surface area (Å²) >= 11 is 0. The van der Waals surface area contributed by atoms with Crippen LogP contribution in [0.2, 0.25) is 0 Å². The molecule has 0 saturated heterocycles. The third-order valence-corrected chi connectivity index (χ3v) is 2.46. The first kappa shape index (κ1) is 8.23. The van der Waals surface area contributed by atoms with Gasteiger partial charge in [-0.15, -0.1) is 10.2 Å². The molecular formula is C11H8N4. The lowest BCUT2D eigenvalue weighted by Crippen LogP contribution is -1.89. The van der Waals surface area contributed by atoms with E-state index in [1.165, 1.54) is 5.39 Å². The molecule has 4 heteroatoms. The number of hydrogen-bond donors (Lipinski definition) is 0. The van der Waals surface area contributed by atoms with Gasteiger partial charge in [0.25, 0.3) is 0 Å². The van der Waals surface area contributed by atoms with Gasteiger partial charge in [0, 0.05) is 5.56 Å². The van der Waals surface area contributed by atoms with Crippen LogP contribution in [-0.4, -0.2) is 0 Å². The zero-order chi connectivity index (χ0) is 10.1. The Kier molecular flexibility index (Phi) is 1.78. The number of rotatable bonds is 1. The zero-order valence-corrected chi connectivity index (χ0v) is 7.91. The molecule has 0 aromatic heterocycles. The van der Waals surface area contributed by atoms with Gasteiger partial charge in [0.15, 0.2) is 0 Å². The lowest BCUT2D eigenvalue weighted by atomic mass is 10.0. The highest BCUT2D eigenvalue weighted by atomic mass is 15.6. The van der Waals surface area contributed by atoms with Crippen LogP contribution in [0.25, 0.3) is 10.8 Å². The van der Waals surface area contributed by atoms with Crippen molar-refractivity contribution in [2.24, 2.45) is 20.7 Å². The summed E-state index contributed by atoms with van der Waals surface area (Å²) in [4.78, 5) is 0. The summed E-state index contributed by atoms with van der Waals surface area (Å²) in [5.74, 6) is 0. The van der Waals surface area contributed by atoms with E-state index in [9.17, 15) is 0 Å². The fourth-order valence-corrected chi connectivity index (χ4v) is 1.77. The van der Waals surface area contributed by atoms with Crippen LogP contribution in [0.4, 0.5) is 0 Å². The maximum atomic E-state index is 3.95. The molecule has 0 fully saturated rings. The summed E-state index contributed by atoms with van der Waals surface area (Å²) < 4.78 is 0. The van der Waals surface area contributed by atoms with Crippen molar-refractivity contribution >= 4 is 10.8 Å². The minimum Gasteiger partial charge on any atom is -0.133 e. The molecule has 0 amide bonds. The molecular weight excluding hydrogens is 188 g/mol. The lowest BCUT2D eigenvalue weighted by molar-refractivity contribution is 0.772. The molecule has 0 aliphatic carbocycles. The molecule has 0 unspecified atom stereocenters. The number of nitrogens with zero attached hydrogens (tertiary/aromatic N) is 4. The number of fused-ring (bicyclic) bond motifs is 1. The molecule has 0 N–H and O–H groups in total. The van der Waals surface area contributed by atoms with E-state index < -0.39 is 0 Å². The summed E-state index contributed by atoms with van der Waals surface area (Å²) in [5, 5.41) is 17.3. The van der Waals surface area contributed by atoms with E-state index in [1.54, 1.807) is 0 Å². The summed E-state index contributed by atoms with van der Waals surface area (Å²) in [6.45, 7) is 0. The monoisotopic (exact) mass is 196 g/mol. The van der Waals surface area contributed by atoms with Gasteiger partial charge in [-0.1, -0.05) is 42.5 Å². The Hall–Kier alpha value is -2.10. The Labute approximate surface area is 86.3 Å². The van der Waals surface area contributed by atoms with Gasteiger partial charge in [-0.2, -0.15) is 0 Å². The highest BCUT2D eigenvalue weighted by molar-refractivity contribution is 5.86. The molecule has 4 nitrogen and oxygen atoms in total. The maximum Gasteiger partial charge on any atom is 0.211 e. The predicted octanol–water partition coefficient (Wildman–Crippen LogP) is 3.67. The lowest BCUT2D eigenvalue weighted by Gasteiger charge is -2.06. The quantitative estimate of drug-likeness (QED) is 0.668. The Morgan fingerprint density at radius 1 is 0.800 bits per heavy atom. The molecule has 2 aromatic carbocycles. The second kappa shape index (κ2) is 3.24. The molecule has 2 aromatic rings. The third-order valence-electron chi connectivity index (χ3n) is 2.46. The smallest absolute Gasteiger partial charge is 0.133 e. The van der Waals surface area contributed by atoms with Crippen molar-refractivity contribution in [3.8, 4) is 0 Å². The van der Waals surface area contributed by atoms with Gasteiger partial charge in [0.2, 0.25) is 6.17 Å². The molecule has 15 heavy (non-hydrogen) atoms. The first-order chi connectivity index (χ1) is 7.45. The van der Waals surface area contributed by atoms with Gasteiger partial charge >= 0.3 is 0 Å². The second-order valence-corrected chi connectivity index (χ2v) is 3.35. The Balaban J connectivity index is 2.26. The molecule has 1 aliphatic heterocycles. The van der Waals surface area contributed by atoms with E-state index in [2.05, 4.69) is 38.9 Å². The van der Waals surface area contributed by atoms with Crippen molar-refractivity contribution < 1.29 is 0 Å². The third kappa shape index (κ3) is 1.30. The molecule has 1 aliphatic rings. The average molecular weight is 196 g/mol. The molecule has 0 radical (unpaired) electrons. The second-order valence-electron chi connectivity index (χ2n) is 3.35. The first-order valence-corrected chi connectivity index (χ1v) is 4.73. The predicted molar refractivity (Wildman–Crippen MR) is 56.4 cm³/mol. The van der Waals surface area contributed by atoms with Gasteiger partial charge in [-0.25, -0.2) is 0 Å². The Morgan fingerprint density at radius 2 is 1.53 bits per heavy atom. The molecule has 0 spiro atoms. The first-order valence-electron chi connectivity index (χ1n) is 4.73. The van der Waals surface area contributed by atoms with Gasteiger partial charge in [0.05, 0.1) is 0 Å². The van der Waals surface area contributed by atoms with Crippen molar-refractivity contribution in [2.45, 2.75) is 6.17 Å². The minimum absolute atomic E-state index is 0.268. The highest BCUT2D eigenvalue weighted by Gasteiger charge is 2.14. The van der Waals surface area contributed by atoms with Crippen molar-refractivity contribution in [3.05, 3.63) is 48.0 Å². The van der Waals surface area contributed by atoms with E-state index >= 15 is 0 Å². The molecule has 0 atom stereocenters. The summed E-state index contributed by atoms with van der Waals surface area (Å²) in [7, 11) is 0. The SMILES string of the molecule is c1ccc2c(C3N=NN=N3)cccc2c1. The molecule has 72 valence electrons. The Bertz CT molecular complexity index is 542. The van der Waals surface area contributed by atoms with Crippen molar-refractivity contribution in [1.82, 2.24) is 0 Å². The largest absolute Gasteiger partial charge is 0.211 e. The van der Waals surface area contributed by atoms with Crippen molar-refractivity contribution in [2.75, 3.05) is 0 Å². The maximum absolute atomic E-state index is 3.95. The van der Waals surface area contributed by atoms with E-state index in [0.717, 1.165) is 10.9 Å². The fourth-order valence-electron chi connectivity index (χ4n) is 1.77. The van der Waals surface area contributed by atoms with Crippen LogP contribution in [0.15, 0.2) is 63.1 Å². The van der Waals surface area contributed by atoms with Crippen LogP contribution < -0.4 is 0 Å². The highest BCUT2D eigenvalue weighted by Crippen LogP contribution is 2.30. The van der Waals surface area contributed by atoms with E-state index in [4.69, 9.17) is 0 Å². The standard InChI is InChI=1S/C11H8N4/c1-2-6-9-8(4-1)5-3-7-10(9)11-12-14-15-13-11/h1-7,11H. The number of benzene rings is 2. The van der Waals surface area contributed by atoms with Crippen LogP contribution in [-0.2, 0) is 0 Å². The van der Waals surface area contributed by atoms with Gasteiger partial charge in [-0.05, 0) is 21.2 Å². The summed E-state index contributed by atoms with van der Waals surface area (Å²) in [6.07, 6.45) is -0.268. The van der Waals surface area contributed by atoms with Crippen molar-refractivity contribution in [1.29, 1.82) is 0 Å². The minimum atomic E-state index is -0.268. The summed E-state index contributed by atoms with van der Waals surface area (Å²) in [5.41, 5.74) is 1.05. The van der Waals surface area contributed by atoms with Crippen molar-refractivity contribution in [3.63, 3.8) is 0 Å². The normalized spacial score (nSPS) is 15.2. The average Bonchev–Trinajstić information content (AvgIpc) is 2.82. The number of hydrogen-bond acceptors (Lipinski definition) is 4. The van der Waals surface area contributed by atoms with Gasteiger partial charge < -0.3 is 0 Å². The van der Waals surface area contributed by atoms with E-state index in [1.807, 2.05) is 24.3 Å². The van der Waals surface area contributed by atoms with Gasteiger partial charge in [0.1, 0.15) is 0 Å². The van der Waals surface area contributed by atoms with E-state index in [0.29, 0.717) is 0 Å². The summed E-state index contributed by atoms with van der Waals surface area (Å²) in [6, 6.07) is 14.2. The van der Waals surface area contributed by atoms with Gasteiger partial charge in [-0.3, -0.25) is 0 Å². The molecule has 1 heterocycles. The molecule has 0 saturated carbocycles.